The third kappa shape index (κ3) is 4.01. The lowest BCUT2D eigenvalue weighted by atomic mass is 10.1. The van der Waals surface area contributed by atoms with Gasteiger partial charge >= 0.3 is 0 Å². The lowest BCUT2D eigenvalue weighted by molar-refractivity contribution is 0.0747. The summed E-state index contributed by atoms with van der Waals surface area (Å²) >= 11 is 0. The molecule has 1 saturated heterocycles. The fraction of sp³-hybridized carbons (Fsp3) is 0.273. The molecule has 0 aliphatic carbocycles. The van der Waals surface area contributed by atoms with Crippen molar-refractivity contribution in [1.29, 1.82) is 0 Å². The van der Waals surface area contributed by atoms with Crippen molar-refractivity contribution in [2.24, 2.45) is 0 Å². The molecular formula is C22H24N4O2. The second-order valence-electron chi connectivity index (χ2n) is 6.88. The van der Waals surface area contributed by atoms with Crippen LogP contribution >= 0.6 is 0 Å². The Balaban J connectivity index is 1.34. The normalized spacial score (nSPS) is 14.2. The summed E-state index contributed by atoms with van der Waals surface area (Å²) in [6.45, 7) is 3.81. The summed E-state index contributed by atoms with van der Waals surface area (Å²) in [4.78, 5) is 17.1. The van der Waals surface area contributed by atoms with Crippen LogP contribution in [-0.2, 0) is 6.54 Å². The van der Waals surface area contributed by atoms with Crippen LogP contribution in [0, 0.1) is 0 Å². The smallest absolute Gasteiger partial charge is 0.253 e. The zero-order valence-electron chi connectivity index (χ0n) is 16.0. The molecule has 1 fully saturated rings. The zero-order valence-corrected chi connectivity index (χ0v) is 16.0. The van der Waals surface area contributed by atoms with Gasteiger partial charge in [0.05, 0.1) is 13.7 Å². The molecule has 1 amide bonds. The number of methoxy groups -OCH3 is 1. The molecule has 1 aromatic heterocycles. The van der Waals surface area contributed by atoms with Gasteiger partial charge in [0.25, 0.3) is 5.91 Å². The number of piperazine rings is 1. The van der Waals surface area contributed by atoms with Crippen molar-refractivity contribution < 1.29 is 9.53 Å². The number of hydrogen-bond donors (Lipinski definition) is 0. The Kier molecular flexibility index (Phi) is 5.28. The van der Waals surface area contributed by atoms with Crippen molar-refractivity contribution >= 4 is 11.6 Å². The number of anilines is 1. The van der Waals surface area contributed by atoms with Crippen LogP contribution in [0.15, 0.2) is 67.0 Å². The number of aromatic nitrogens is 2. The summed E-state index contributed by atoms with van der Waals surface area (Å²) in [5.74, 6) is 0.952. The number of benzene rings is 2. The lowest BCUT2D eigenvalue weighted by Crippen LogP contribution is -2.48. The molecule has 1 aliphatic heterocycles. The quantitative estimate of drug-likeness (QED) is 0.687. The van der Waals surface area contributed by atoms with E-state index in [4.69, 9.17) is 4.74 Å². The van der Waals surface area contributed by atoms with E-state index in [1.165, 1.54) is 0 Å². The first kappa shape index (κ1) is 18.1. The predicted octanol–water partition coefficient (Wildman–Crippen LogP) is 2.90. The van der Waals surface area contributed by atoms with Crippen LogP contribution in [-0.4, -0.2) is 53.9 Å². The lowest BCUT2D eigenvalue weighted by Gasteiger charge is -2.36. The highest BCUT2D eigenvalue weighted by atomic mass is 16.5. The van der Waals surface area contributed by atoms with Gasteiger partial charge in [-0.3, -0.25) is 9.48 Å². The van der Waals surface area contributed by atoms with E-state index in [0.29, 0.717) is 6.54 Å². The predicted molar refractivity (Wildman–Crippen MR) is 109 cm³/mol. The van der Waals surface area contributed by atoms with Gasteiger partial charge in [0.15, 0.2) is 0 Å². The molecule has 0 spiro atoms. The van der Waals surface area contributed by atoms with Crippen molar-refractivity contribution in [1.82, 2.24) is 14.7 Å². The number of carbonyl (C=O) groups is 1. The Hall–Kier alpha value is -3.28. The van der Waals surface area contributed by atoms with Gasteiger partial charge in [-0.15, -0.1) is 0 Å². The van der Waals surface area contributed by atoms with Gasteiger partial charge in [-0.05, 0) is 48.0 Å². The third-order valence-corrected chi connectivity index (χ3v) is 5.11. The molecule has 0 unspecified atom stereocenters. The number of amides is 1. The number of carbonyl (C=O) groups excluding carboxylic acids is 1. The standard InChI is InChI=1S/C22H24N4O2/c1-28-21-9-7-20(8-10-21)24-13-15-25(16-14-24)22(27)19-5-3-18(4-6-19)17-26-12-2-11-23-26/h2-12H,13-17H2,1H3. The molecule has 2 heterocycles. The van der Waals surface area contributed by atoms with E-state index in [2.05, 4.69) is 22.1 Å². The maximum Gasteiger partial charge on any atom is 0.253 e. The van der Waals surface area contributed by atoms with Gasteiger partial charge in [0.2, 0.25) is 0 Å². The van der Waals surface area contributed by atoms with Crippen LogP contribution in [0.4, 0.5) is 5.69 Å². The average Bonchev–Trinajstić information content (AvgIpc) is 3.27. The highest BCUT2D eigenvalue weighted by Gasteiger charge is 2.22. The first-order valence-electron chi connectivity index (χ1n) is 9.47. The van der Waals surface area contributed by atoms with Gasteiger partial charge in [-0.1, -0.05) is 12.1 Å². The molecule has 2 aromatic carbocycles. The second kappa shape index (κ2) is 8.17. The number of ether oxygens (including phenoxy) is 1. The van der Waals surface area contributed by atoms with E-state index in [1.807, 2.05) is 58.2 Å². The van der Waals surface area contributed by atoms with Crippen LogP contribution in [0.2, 0.25) is 0 Å². The summed E-state index contributed by atoms with van der Waals surface area (Å²) in [6, 6.07) is 17.8. The van der Waals surface area contributed by atoms with Crippen LogP contribution in [0.25, 0.3) is 0 Å². The molecule has 28 heavy (non-hydrogen) atoms. The molecule has 0 radical (unpaired) electrons. The summed E-state index contributed by atoms with van der Waals surface area (Å²) in [7, 11) is 1.67. The fourth-order valence-electron chi connectivity index (χ4n) is 3.48. The minimum atomic E-state index is 0.0972. The number of nitrogens with zero attached hydrogens (tertiary/aromatic N) is 4. The second-order valence-corrected chi connectivity index (χ2v) is 6.88. The third-order valence-electron chi connectivity index (χ3n) is 5.11. The van der Waals surface area contributed by atoms with E-state index in [1.54, 1.807) is 13.3 Å². The van der Waals surface area contributed by atoms with Crippen LogP contribution < -0.4 is 9.64 Å². The number of rotatable bonds is 5. The van der Waals surface area contributed by atoms with E-state index < -0.39 is 0 Å². The highest BCUT2D eigenvalue weighted by Crippen LogP contribution is 2.21. The summed E-state index contributed by atoms with van der Waals surface area (Å²) < 4.78 is 7.09. The largest absolute Gasteiger partial charge is 0.497 e. The summed E-state index contributed by atoms with van der Waals surface area (Å²) in [6.07, 6.45) is 3.70. The van der Waals surface area contributed by atoms with Crippen LogP contribution in [0.5, 0.6) is 5.75 Å². The molecule has 0 saturated carbocycles. The first-order chi connectivity index (χ1) is 13.7. The SMILES string of the molecule is COc1ccc(N2CCN(C(=O)c3ccc(Cn4cccn4)cc3)CC2)cc1. The van der Waals surface area contributed by atoms with Gasteiger partial charge in [0.1, 0.15) is 5.75 Å². The highest BCUT2D eigenvalue weighted by molar-refractivity contribution is 5.94. The molecule has 0 N–H and O–H groups in total. The van der Waals surface area contributed by atoms with Crippen LogP contribution in [0.1, 0.15) is 15.9 Å². The average molecular weight is 376 g/mol. The zero-order chi connectivity index (χ0) is 19.3. The molecule has 3 aromatic rings. The molecule has 144 valence electrons. The monoisotopic (exact) mass is 376 g/mol. The molecule has 1 aliphatic rings. The van der Waals surface area contributed by atoms with E-state index in [-0.39, 0.29) is 5.91 Å². The Labute approximate surface area is 164 Å². The van der Waals surface area contributed by atoms with E-state index in [0.717, 1.165) is 48.7 Å². The van der Waals surface area contributed by atoms with Crippen LogP contribution in [0.3, 0.4) is 0 Å². The Bertz CT molecular complexity index is 897. The molecule has 6 heteroatoms. The van der Waals surface area contributed by atoms with Crippen molar-refractivity contribution in [3.63, 3.8) is 0 Å². The molecular weight excluding hydrogens is 352 g/mol. The summed E-state index contributed by atoms with van der Waals surface area (Å²) in [5.41, 5.74) is 3.03. The van der Waals surface area contributed by atoms with Gasteiger partial charge in [-0.25, -0.2) is 0 Å². The van der Waals surface area contributed by atoms with Gasteiger partial charge in [-0.2, -0.15) is 5.10 Å². The Morgan fingerprint density at radius 1 is 1.00 bits per heavy atom. The maximum absolute atomic E-state index is 12.8. The maximum atomic E-state index is 12.8. The fourth-order valence-corrected chi connectivity index (χ4v) is 3.48. The summed E-state index contributed by atoms with van der Waals surface area (Å²) in [5, 5.41) is 4.21. The van der Waals surface area contributed by atoms with Crippen molar-refractivity contribution in [3.05, 3.63) is 78.1 Å². The topological polar surface area (TPSA) is 50.6 Å². The van der Waals surface area contributed by atoms with Crippen molar-refractivity contribution in [2.45, 2.75) is 6.54 Å². The minimum Gasteiger partial charge on any atom is -0.497 e. The molecule has 6 nitrogen and oxygen atoms in total. The van der Waals surface area contributed by atoms with E-state index in [9.17, 15) is 4.79 Å². The van der Waals surface area contributed by atoms with E-state index >= 15 is 0 Å². The molecule has 4 rings (SSSR count). The number of hydrogen-bond acceptors (Lipinski definition) is 4. The van der Waals surface area contributed by atoms with Gasteiger partial charge < -0.3 is 14.5 Å². The molecule has 0 atom stereocenters. The Morgan fingerprint density at radius 3 is 2.32 bits per heavy atom. The van der Waals surface area contributed by atoms with Crippen molar-refractivity contribution in [2.75, 3.05) is 38.2 Å². The van der Waals surface area contributed by atoms with Gasteiger partial charge in [0, 0.05) is 49.8 Å². The first-order valence-corrected chi connectivity index (χ1v) is 9.47. The Morgan fingerprint density at radius 2 is 1.71 bits per heavy atom. The minimum absolute atomic E-state index is 0.0972. The molecule has 0 bridgehead atoms. The van der Waals surface area contributed by atoms with Crippen molar-refractivity contribution in [3.8, 4) is 5.75 Å².